The largest absolute Gasteiger partial charge is 0.496 e. The Balaban J connectivity index is 1.98. The Morgan fingerprint density at radius 1 is 1.19 bits per heavy atom. The fourth-order valence-electron chi connectivity index (χ4n) is 2.11. The van der Waals surface area contributed by atoms with Crippen LogP contribution in [0, 0.1) is 6.92 Å². The van der Waals surface area contributed by atoms with Gasteiger partial charge in [0, 0.05) is 17.1 Å². The molecule has 110 valence electrons. The molecule has 0 aliphatic rings. The Morgan fingerprint density at radius 2 is 1.95 bits per heavy atom. The molecule has 2 aromatic rings. The van der Waals surface area contributed by atoms with E-state index in [2.05, 4.69) is 5.32 Å². The van der Waals surface area contributed by atoms with Crippen LogP contribution >= 0.6 is 11.6 Å². The van der Waals surface area contributed by atoms with E-state index in [1.807, 2.05) is 43.3 Å². The third-order valence-electron chi connectivity index (χ3n) is 3.36. The molecule has 2 rings (SSSR count). The molecule has 1 amide bonds. The van der Waals surface area contributed by atoms with E-state index in [1.54, 1.807) is 13.2 Å². The molecule has 0 heterocycles. The average Bonchev–Trinajstić information content (AvgIpc) is 2.50. The zero-order chi connectivity index (χ0) is 15.2. The van der Waals surface area contributed by atoms with Crippen molar-refractivity contribution in [3.05, 3.63) is 58.6 Å². The number of hydrogen-bond donors (Lipinski definition) is 1. The summed E-state index contributed by atoms with van der Waals surface area (Å²) in [6, 6.07) is 13.2. The SMILES string of the molecule is COc1ccccc1CCC(=O)Nc1cccc(Cl)c1C. The predicted octanol–water partition coefficient (Wildman–Crippen LogP) is 4.23. The number of para-hydroxylation sites is 1. The van der Waals surface area contributed by atoms with Crippen molar-refractivity contribution in [1.82, 2.24) is 0 Å². The normalized spacial score (nSPS) is 10.2. The summed E-state index contributed by atoms with van der Waals surface area (Å²) in [5.41, 5.74) is 2.66. The number of carbonyl (C=O) groups excluding carboxylic acids is 1. The minimum atomic E-state index is -0.0359. The van der Waals surface area contributed by atoms with E-state index in [9.17, 15) is 4.79 Å². The van der Waals surface area contributed by atoms with Gasteiger partial charge in [-0.15, -0.1) is 0 Å². The number of aryl methyl sites for hydroxylation is 1. The number of amides is 1. The lowest BCUT2D eigenvalue weighted by molar-refractivity contribution is -0.116. The van der Waals surface area contributed by atoms with Crippen molar-refractivity contribution in [2.24, 2.45) is 0 Å². The van der Waals surface area contributed by atoms with Crippen LogP contribution in [0.1, 0.15) is 17.5 Å². The number of methoxy groups -OCH3 is 1. The van der Waals surface area contributed by atoms with E-state index in [0.717, 1.165) is 22.6 Å². The number of benzene rings is 2. The highest BCUT2D eigenvalue weighted by Crippen LogP contribution is 2.23. The molecule has 0 saturated carbocycles. The van der Waals surface area contributed by atoms with E-state index in [4.69, 9.17) is 16.3 Å². The van der Waals surface area contributed by atoms with E-state index in [-0.39, 0.29) is 5.91 Å². The van der Waals surface area contributed by atoms with Crippen LogP contribution in [0.25, 0.3) is 0 Å². The van der Waals surface area contributed by atoms with Gasteiger partial charge in [-0.05, 0) is 42.7 Å². The summed E-state index contributed by atoms with van der Waals surface area (Å²) >= 11 is 6.04. The van der Waals surface area contributed by atoms with Crippen molar-refractivity contribution in [3.8, 4) is 5.75 Å². The number of rotatable bonds is 5. The fourth-order valence-corrected chi connectivity index (χ4v) is 2.29. The maximum Gasteiger partial charge on any atom is 0.224 e. The topological polar surface area (TPSA) is 38.3 Å². The Morgan fingerprint density at radius 3 is 2.71 bits per heavy atom. The van der Waals surface area contributed by atoms with Gasteiger partial charge in [0.1, 0.15) is 5.75 Å². The average molecular weight is 304 g/mol. The number of anilines is 1. The summed E-state index contributed by atoms with van der Waals surface area (Å²) in [4.78, 5) is 12.1. The lowest BCUT2D eigenvalue weighted by atomic mass is 10.1. The Hall–Kier alpha value is -2.00. The molecule has 0 aromatic heterocycles. The van der Waals surface area contributed by atoms with Gasteiger partial charge >= 0.3 is 0 Å². The maximum absolute atomic E-state index is 12.1. The van der Waals surface area contributed by atoms with Gasteiger partial charge in [-0.3, -0.25) is 4.79 Å². The van der Waals surface area contributed by atoms with Crippen molar-refractivity contribution in [2.75, 3.05) is 12.4 Å². The minimum Gasteiger partial charge on any atom is -0.496 e. The molecular formula is C17H18ClNO2. The first-order chi connectivity index (χ1) is 10.1. The Kier molecular flexibility index (Phi) is 5.23. The van der Waals surface area contributed by atoms with Crippen LogP contribution in [0.15, 0.2) is 42.5 Å². The highest BCUT2D eigenvalue weighted by Gasteiger charge is 2.08. The summed E-state index contributed by atoms with van der Waals surface area (Å²) in [5, 5.41) is 3.55. The van der Waals surface area contributed by atoms with E-state index < -0.39 is 0 Å². The number of ether oxygens (including phenoxy) is 1. The number of nitrogens with one attached hydrogen (secondary N) is 1. The third kappa shape index (κ3) is 3.99. The van der Waals surface area contributed by atoms with Crippen LogP contribution in [0.2, 0.25) is 5.02 Å². The van der Waals surface area contributed by atoms with Gasteiger partial charge in [-0.25, -0.2) is 0 Å². The van der Waals surface area contributed by atoms with E-state index in [0.29, 0.717) is 17.9 Å². The fraction of sp³-hybridized carbons (Fsp3) is 0.235. The summed E-state index contributed by atoms with van der Waals surface area (Å²) in [6.07, 6.45) is 1.03. The van der Waals surface area contributed by atoms with Gasteiger partial charge in [0.25, 0.3) is 0 Å². The first kappa shape index (κ1) is 15.4. The van der Waals surface area contributed by atoms with Crippen molar-refractivity contribution in [1.29, 1.82) is 0 Å². The first-order valence-corrected chi connectivity index (χ1v) is 7.16. The standard InChI is InChI=1S/C17H18ClNO2/c1-12-14(18)7-5-8-15(12)19-17(20)11-10-13-6-3-4-9-16(13)21-2/h3-9H,10-11H2,1-2H3,(H,19,20). The van der Waals surface area contributed by atoms with Gasteiger partial charge in [-0.2, -0.15) is 0 Å². The molecule has 0 fully saturated rings. The molecule has 0 radical (unpaired) electrons. The zero-order valence-corrected chi connectivity index (χ0v) is 12.9. The van der Waals surface area contributed by atoms with Crippen molar-refractivity contribution in [2.45, 2.75) is 19.8 Å². The van der Waals surface area contributed by atoms with Gasteiger partial charge in [0.05, 0.1) is 7.11 Å². The molecule has 1 N–H and O–H groups in total. The minimum absolute atomic E-state index is 0.0359. The molecule has 0 aliphatic carbocycles. The second-order valence-corrected chi connectivity index (χ2v) is 5.18. The van der Waals surface area contributed by atoms with Crippen LogP contribution in [-0.4, -0.2) is 13.0 Å². The Bertz CT molecular complexity index is 640. The number of halogens is 1. The second-order valence-electron chi connectivity index (χ2n) is 4.77. The van der Waals surface area contributed by atoms with Crippen LogP contribution in [0.4, 0.5) is 5.69 Å². The van der Waals surface area contributed by atoms with Gasteiger partial charge in [-0.1, -0.05) is 35.9 Å². The van der Waals surface area contributed by atoms with Crippen LogP contribution < -0.4 is 10.1 Å². The van der Waals surface area contributed by atoms with Crippen molar-refractivity contribution < 1.29 is 9.53 Å². The molecule has 0 atom stereocenters. The molecule has 0 saturated heterocycles. The van der Waals surface area contributed by atoms with Crippen LogP contribution in [0.3, 0.4) is 0 Å². The van der Waals surface area contributed by atoms with Gasteiger partial charge in [0.15, 0.2) is 0 Å². The molecular weight excluding hydrogens is 286 g/mol. The highest BCUT2D eigenvalue weighted by atomic mass is 35.5. The molecule has 2 aromatic carbocycles. The van der Waals surface area contributed by atoms with Gasteiger partial charge in [0.2, 0.25) is 5.91 Å². The second kappa shape index (κ2) is 7.14. The number of hydrogen-bond acceptors (Lipinski definition) is 2. The maximum atomic E-state index is 12.1. The molecule has 3 nitrogen and oxygen atoms in total. The smallest absolute Gasteiger partial charge is 0.224 e. The highest BCUT2D eigenvalue weighted by molar-refractivity contribution is 6.31. The first-order valence-electron chi connectivity index (χ1n) is 6.78. The monoisotopic (exact) mass is 303 g/mol. The van der Waals surface area contributed by atoms with Crippen molar-refractivity contribution in [3.63, 3.8) is 0 Å². The predicted molar refractivity (Wildman–Crippen MR) is 86.1 cm³/mol. The Labute approximate surface area is 129 Å². The molecule has 0 aliphatic heterocycles. The van der Waals surface area contributed by atoms with Crippen LogP contribution in [-0.2, 0) is 11.2 Å². The molecule has 0 bridgehead atoms. The van der Waals surface area contributed by atoms with E-state index in [1.165, 1.54) is 0 Å². The van der Waals surface area contributed by atoms with Crippen LogP contribution in [0.5, 0.6) is 5.75 Å². The number of carbonyl (C=O) groups is 1. The third-order valence-corrected chi connectivity index (χ3v) is 3.77. The summed E-state index contributed by atoms with van der Waals surface area (Å²) < 4.78 is 5.28. The van der Waals surface area contributed by atoms with Crippen molar-refractivity contribution >= 4 is 23.2 Å². The molecule has 21 heavy (non-hydrogen) atoms. The summed E-state index contributed by atoms with van der Waals surface area (Å²) in [7, 11) is 1.63. The zero-order valence-electron chi connectivity index (χ0n) is 12.2. The quantitative estimate of drug-likeness (QED) is 0.897. The van der Waals surface area contributed by atoms with Gasteiger partial charge < -0.3 is 10.1 Å². The molecule has 0 unspecified atom stereocenters. The molecule has 4 heteroatoms. The van der Waals surface area contributed by atoms with E-state index >= 15 is 0 Å². The summed E-state index contributed by atoms with van der Waals surface area (Å²) in [6.45, 7) is 1.89. The molecule has 0 spiro atoms. The summed E-state index contributed by atoms with van der Waals surface area (Å²) in [5.74, 6) is 0.774. The lowest BCUT2D eigenvalue weighted by Gasteiger charge is -2.10. The lowest BCUT2D eigenvalue weighted by Crippen LogP contribution is -2.13.